The minimum absolute atomic E-state index is 0.0769. The van der Waals surface area contributed by atoms with Crippen molar-refractivity contribution < 1.29 is 13.5 Å². The van der Waals surface area contributed by atoms with E-state index < -0.39 is 11.6 Å². The van der Waals surface area contributed by atoms with Gasteiger partial charge in [-0.15, -0.1) is 5.10 Å². The molecule has 1 aromatic carbocycles. The molecular weight excluding hydrogens is 280 g/mol. The Kier molecular flexibility index (Phi) is 4.79. The van der Waals surface area contributed by atoms with E-state index in [2.05, 4.69) is 15.5 Å². The molecule has 2 rings (SSSR count). The van der Waals surface area contributed by atoms with Crippen LogP contribution >= 0.6 is 0 Å². The molecule has 114 valence electrons. The number of hydrogen-bond donors (Lipinski definition) is 1. The highest BCUT2D eigenvalue weighted by molar-refractivity contribution is 5.71. The molecule has 2 aromatic rings. The van der Waals surface area contributed by atoms with Gasteiger partial charge >= 0.3 is 0 Å². The van der Waals surface area contributed by atoms with Crippen molar-refractivity contribution in [1.29, 1.82) is 0 Å². The predicted octanol–water partition coefficient (Wildman–Crippen LogP) is 1.87. The molecule has 8 heteroatoms. The fourth-order valence-corrected chi connectivity index (χ4v) is 1.77. The molecule has 1 aromatic heterocycles. The third-order valence-electron chi connectivity index (χ3n) is 2.76. The van der Waals surface area contributed by atoms with Crippen molar-refractivity contribution in [3.8, 4) is 11.4 Å². The third kappa shape index (κ3) is 3.72. The van der Waals surface area contributed by atoms with Crippen LogP contribution in [-0.4, -0.2) is 33.4 Å². The van der Waals surface area contributed by atoms with Gasteiger partial charge in [-0.3, -0.25) is 0 Å². The van der Waals surface area contributed by atoms with Gasteiger partial charge in [-0.25, -0.2) is 13.5 Å². The number of nitrogens with two attached hydrogens (primary N) is 1. The average molecular weight is 297 g/mol. The van der Waals surface area contributed by atoms with Gasteiger partial charge < -0.3 is 10.5 Å². The van der Waals surface area contributed by atoms with Gasteiger partial charge in [-0.1, -0.05) is 13.8 Å². The predicted molar refractivity (Wildman–Crippen MR) is 73.2 cm³/mol. The van der Waals surface area contributed by atoms with Crippen molar-refractivity contribution in [3.05, 3.63) is 23.8 Å². The van der Waals surface area contributed by atoms with Gasteiger partial charge in [-0.05, 0) is 22.4 Å². The molecule has 0 radical (unpaired) electrons. The van der Waals surface area contributed by atoms with Crippen LogP contribution in [0.3, 0.4) is 0 Å². The first-order valence-corrected chi connectivity index (χ1v) is 6.58. The van der Waals surface area contributed by atoms with E-state index in [9.17, 15) is 8.78 Å². The largest absolute Gasteiger partial charge is 0.398 e. The fourth-order valence-electron chi connectivity index (χ4n) is 1.77. The van der Waals surface area contributed by atoms with Crippen molar-refractivity contribution >= 4 is 5.69 Å². The van der Waals surface area contributed by atoms with Crippen LogP contribution in [0.15, 0.2) is 12.1 Å². The average Bonchev–Trinajstić information content (AvgIpc) is 2.87. The molecule has 0 unspecified atom stereocenters. The number of ether oxygens (including phenoxy) is 1. The summed E-state index contributed by atoms with van der Waals surface area (Å²) in [6, 6.07) is 1.90. The van der Waals surface area contributed by atoms with Crippen molar-refractivity contribution in [2.45, 2.75) is 20.4 Å². The van der Waals surface area contributed by atoms with Crippen molar-refractivity contribution in [1.82, 2.24) is 20.2 Å². The second kappa shape index (κ2) is 6.57. The smallest absolute Gasteiger partial charge is 0.184 e. The van der Waals surface area contributed by atoms with Gasteiger partial charge in [0.05, 0.1) is 13.2 Å². The van der Waals surface area contributed by atoms with Crippen LogP contribution in [0.25, 0.3) is 11.4 Å². The highest BCUT2D eigenvalue weighted by Gasteiger charge is 2.15. The zero-order valence-electron chi connectivity index (χ0n) is 11.9. The maximum absolute atomic E-state index is 13.3. The van der Waals surface area contributed by atoms with Crippen LogP contribution in [0.4, 0.5) is 14.5 Å². The lowest BCUT2D eigenvalue weighted by Crippen LogP contribution is -2.12. The van der Waals surface area contributed by atoms with E-state index in [1.54, 1.807) is 0 Å². The van der Waals surface area contributed by atoms with Gasteiger partial charge in [0.2, 0.25) is 0 Å². The van der Waals surface area contributed by atoms with E-state index in [4.69, 9.17) is 10.5 Å². The van der Waals surface area contributed by atoms with E-state index in [0.29, 0.717) is 25.7 Å². The van der Waals surface area contributed by atoms with E-state index in [1.807, 2.05) is 13.8 Å². The Labute approximate surface area is 120 Å². The summed E-state index contributed by atoms with van der Waals surface area (Å²) >= 11 is 0. The lowest BCUT2D eigenvalue weighted by atomic mass is 10.1. The molecule has 0 spiro atoms. The van der Waals surface area contributed by atoms with Gasteiger partial charge in [0.1, 0.15) is 0 Å². The Hall–Kier alpha value is -2.09. The SMILES string of the molecule is CC(C)COCCn1nnnc1-c1cc(F)c(F)cc1N. The highest BCUT2D eigenvalue weighted by Crippen LogP contribution is 2.26. The lowest BCUT2D eigenvalue weighted by molar-refractivity contribution is 0.101. The molecule has 0 atom stereocenters. The summed E-state index contributed by atoms with van der Waals surface area (Å²) in [5.41, 5.74) is 6.03. The normalized spacial score (nSPS) is 11.3. The minimum atomic E-state index is -1.00. The summed E-state index contributed by atoms with van der Waals surface area (Å²) in [5, 5.41) is 11.2. The summed E-state index contributed by atoms with van der Waals surface area (Å²) in [6.45, 7) is 5.53. The van der Waals surface area contributed by atoms with Crippen LogP contribution in [-0.2, 0) is 11.3 Å². The Morgan fingerprint density at radius 3 is 2.71 bits per heavy atom. The molecule has 0 saturated carbocycles. The summed E-state index contributed by atoms with van der Waals surface area (Å²) in [4.78, 5) is 0. The number of hydrogen-bond acceptors (Lipinski definition) is 5. The number of anilines is 1. The first-order chi connectivity index (χ1) is 9.99. The maximum atomic E-state index is 13.3. The molecule has 2 N–H and O–H groups in total. The standard InChI is InChI=1S/C13H17F2N5O/c1-8(2)7-21-4-3-20-13(17-18-19-20)9-5-10(14)11(15)6-12(9)16/h5-6,8H,3-4,7,16H2,1-2H3. The zero-order chi connectivity index (χ0) is 15.4. The Bertz CT molecular complexity index is 615. The van der Waals surface area contributed by atoms with Gasteiger partial charge in [0.15, 0.2) is 17.5 Å². The third-order valence-corrected chi connectivity index (χ3v) is 2.76. The summed E-state index contributed by atoms with van der Waals surface area (Å²) < 4.78 is 33.3. The molecule has 0 amide bonds. The van der Waals surface area contributed by atoms with E-state index in [-0.39, 0.29) is 17.1 Å². The Balaban J connectivity index is 2.15. The first kappa shape index (κ1) is 15.3. The molecule has 0 saturated heterocycles. The highest BCUT2D eigenvalue weighted by atomic mass is 19.2. The van der Waals surface area contributed by atoms with E-state index >= 15 is 0 Å². The van der Waals surface area contributed by atoms with Crippen LogP contribution in [0.1, 0.15) is 13.8 Å². The number of tetrazole rings is 1. The van der Waals surface area contributed by atoms with E-state index in [1.165, 1.54) is 4.68 Å². The fraction of sp³-hybridized carbons (Fsp3) is 0.462. The molecular formula is C13H17F2N5O. The molecule has 21 heavy (non-hydrogen) atoms. The quantitative estimate of drug-likeness (QED) is 0.650. The molecule has 0 fully saturated rings. The maximum Gasteiger partial charge on any atom is 0.184 e. The van der Waals surface area contributed by atoms with Gasteiger partial charge in [-0.2, -0.15) is 0 Å². The monoisotopic (exact) mass is 297 g/mol. The lowest BCUT2D eigenvalue weighted by Gasteiger charge is -2.09. The van der Waals surface area contributed by atoms with Gasteiger partial charge in [0, 0.05) is 23.9 Å². The van der Waals surface area contributed by atoms with Gasteiger partial charge in [0.25, 0.3) is 0 Å². The summed E-state index contributed by atoms with van der Waals surface area (Å²) in [7, 11) is 0. The number of nitrogens with zero attached hydrogens (tertiary/aromatic N) is 4. The topological polar surface area (TPSA) is 78.8 Å². The number of rotatable bonds is 6. The second-order valence-corrected chi connectivity index (χ2v) is 5.05. The minimum Gasteiger partial charge on any atom is -0.398 e. The molecule has 0 aliphatic heterocycles. The number of benzene rings is 1. The molecule has 0 bridgehead atoms. The van der Waals surface area contributed by atoms with Crippen LogP contribution in [0.2, 0.25) is 0 Å². The zero-order valence-corrected chi connectivity index (χ0v) is 11.9. The van der Waals surface area contributed by atoms with Crippen molar-refractivity contribution in [3.63, 3.8) is 0 Å². The molecule has 0 aliphatic rings. The summed E-state index contributed by atoms with van der Waals surface area (Å²) in [5.74, 6) is -1.29. The first-order valence-electron chi connectivity index (χ1n) is 6.58. The van der Waals surface area contributed by atoms with Crippen molar-refractivity contribution in [2.24, 2.45) is 5.92 Å². The van der Waals surface area contributed by atoms with E-state index in [0.717, 1.165) is 12.1 Å². The van der Waals surface area contributed by atoms with Crippen LogP contribution < -0.4 is 5.73 Å². The number of aromatic nitrogens is 4. The Morgan fingerprint density at radius 1 is 1.29 bits per heavy atom. The molecule has 1 heterocycles. The number of nitrogen functional groups attached to an aromatic ring is 1. The molecule has 6 nitrogen and oxygen atoms in total. The van der Waals surface area contributed by atoms with Crippen LogP contribution in [0.5, 0.6) is 0 Å². The summed E-state index contributed by atoms with van der Waals surface area (Å²) in [6.07, 6.45) is 0. The second-order valence-electron chi connectivity index (χ2n) is 5.05. The van der Waals surface area contributed by atoms with Crippen molar-refractivity contribution in [2.75, 3.05) is 18.9 Å². The Morgan fingerprint density at radius 2 is 2.00 bits per heavy atom. The number of halogens is 2. The van der Waals surface area contributed by atoms with Crippen LogP contribution in [0, 0.1) is 17.6 Å². The molecule has 0 aliphatic carbocycles.